The molecule has 0 bridgehead atoms. The number of amides is 1. The Kier molecular flexibility index (Phi) is 7.73. The average molecular weight is 345 g/mol. The number of guanidine groups is 1. The van der Waals surface area contributed by atoms with Gasteiger partial charge in [-0.1, -0.05) is 30.3 Å². The fourth-order valence-electron chi connectivity index (χ4n) is 3.01. The van der Waals surface area contributed by atoms with Gasteiger partial charge in [-0.3, -0.25) is 9.69 Å². The highest BCUT2D eigenvalue weighted by atomic mass is 16.2. The monoisotopic (exact) mass is 345 g/mol. The van der Waals surface area contributed by atoms with Crippen LogP contribution in [0.15, 0.2) is 35.3 Å². The molecule has 1 aromatic carbocycles. The molecule has 0 aliphatic carbocycles. The fourth-order valence-corrected chi connectivity index (χ4v) is 3.01. The molecule has 1 aliphatic rings. The summed E-state index contributed by atoms with van der Waals surface area (Å²) in [6.07, 6.45) is 2.52. The molecular formula is C19H31N5O. The summed E-state index contributed by atoms with van der Waals surface area (Å²) in [6.45, 7) is 5.98. The average Bonchev–Trinajstić information content (AvgIpc) is 3.14. The molecule has 1 aliphatic heterocycles. The van der Waals surface area contributed by atoms with E-state index >= 15 is 0 Å². The lowest BCUT2D eigenvalue weighted by Gasteiger charge is -2.29. The topological polar surface area (TPSA) is 60.0 Å². The van der Waals surface area contributed by atoms with E-state index in [0.29, 0.717) is 12.0 Å². The molecule has 0 aromatic heterocycles. The normalized spacial score (nSPS) is 16.5. The highest BCUT2D eigenvalue weighted by Crippen LogP contribution is 2.24. The molecule has 0 spiro atoms. The van der Waals surface area contributed by atoms with E-state index in [1.807, 2.05) is 6.92 Å². The molecule has 1 saturated heterocycles. The van der Waals surface area contributed by atoms with Gasteiger partial charge in [0.15, 0.2) is 5.96 Å². The van der Waals surface area contributed by atoms with Gasteiger partial charge in [-0.15, -0.1) is 0 Å². The number of nitrogens with one attached hydrogen (secondary N) is 2. The van der Waals surface area contributed by atoms with Gasteiger partial charge in [-0.25, -0.2) is 4.99 Å². The largest absolute Gasteiger partial charge is 0.357 e. The smallest absolute Gasteiger partial charge is 0.243 e. The third-order valence-corrected chi connectivity index (χ3v) is 4.44. The third-order valence-electron chi connectivity index (χ3n) is 4.44. The van der Waals surface area contributed by atoms with Gasteiger partial charge in [0.05, 0.1) is 6.04 Å². The van der Waals surface area contributed by atoms with Crippen molar-refractivity contribution in [1.29, 1.82) is 0 Å². The van der Waals surface area contributed by atoms with Crippen molar-refractivity contribution < 1.29 is 4.79 Å². The number of carbonyl (C=O) groups excluding carboxylic acids is 1. The SMILES string of the molecule is CCNC(=NCC(=O)N(C)C)NCC(c1ccccc1)N1CCCC1. The first-order valence-corrected chi connectivity index (χ1v) is 9.13. The van der Waals surface area contributed by atoms with Crippen LogP contribution in [-0.2, 0) is 4.79 Å². The second-order valence-electron chi connectivity index (χ2n) is 6.53. The molecule has 1 fully saturated rings. The van der Waals surface area contributed by atoms with E-state index in [9.17, 15) is 4.79 Å². The van der Waals surface area contributed by atoms with Crippen LogP contribution in [0.25, 0.3) is 0 Å². The second kappa shape index (κ2) is 10.0. The number of carbonyl (C=O) groups is 1. The molecule has 2 rings (SSSR count). The Morgan fingerprint density at radius 2 is 1.88 bits per heavy atom. The quantitative estimate of drug-likeness (QED) is 0.580. The first kappa shape index (κ1) is 19.2. The minimum absolute atomic E-state index is 0.00337. The van der Waals surface area contributed by atoms with Crippen LogP contribution in [0.1, 0.15) is 31.4 Å². The van der Waals surface area contributed by atoms with Crippen molar-refractivity contribution in [2.24, 2.45) is 4.99 Å². The molecule has 1 atom stereocenters. The van der Waals surface area contributed by atoms with Gasteiger partial charge in [-0.05, 0) is 38.4 Å². The lowest BCUT2D eigenvalue weighted by atomic mass is 10.1. The van der Waals surface area contributed by atoms with Crippen LogP contribution >= 0.6 is 0 Å². The van der Waals surface area contributed by atoms with E-state index in [4.69, 9.17) is 0 Å². The van der Waals surface area contributed by atoms with Crippen LogP contribution in [0, 0.1) is 0 Å². The van der Waals surface area contributed by atoms with Crippen molar-refractivity contribution in [2.45, 2.75) is 25.8 Å². The summed E-state index contributed by atoms with van der Waals surface area (Å²) in [5.74, 6) is 0.689. The minimum Gasteiger partial charge on any atom is -0.357 e. The van der Waals surface area contributed by atoms with E-state index in [0.717, 1.165) is 26.2 Å². The van der Waals surface area contributed by atoms with Crippen molar-refractivity contribution >= 4 is 11.9 Å². The molecule has 1 aromatic rings. The molecule has 1 amide bonds. The number of hydrogen-bond donors (Lipinski definition) is 2. The molecule has 1 heterocycles. The van der Waals surface area contributed by atoms with E-state index in [1.54, 1.807) is 19.0 Å². The number of nitrogens with zero attached hydrogens (tertiary/aromatic N) is 3. The summed E-state index contributed by atoms with van der Waals surface area (Å²) < 4.78 is 0. The summed E-state index contributed by atoms with van der Waals surface area (Å²) >= 11 is 0. The molecule has 138 valence electrons. The van der Waals surface area contributed by atoms with E-state index in [1.165, 1.54) is 18.4 Å². The third kappa shape index (κ3) is 6.05. The Hall–Kier alpha value is -2.08. The molecule has 0 radical (unpaired) electrons. The molecule has 25 heavy (non-hydrogen) atoms. The van der Waals surface area contributed by atoms with Crippen molar-refractivity contribution in [3.8, 4) is 0 Å². The zero-order valence-corrected chi connectivity index (χ0v) is 15.7. The first-order valence-electron chi connectivity index (χ1n) is 9.13. The number of aliphatic imine (C=N–C) groups is 1. The minimum atomic E-state index is -0.00337. The summed E-state index contributed by atoms with van der Waals surface area (Å²) in [7, 11) is 3.49. The Morgan fingerprint density at radius 3 is 2.48 bits per heavy atom. The van der Waals surface area contributed by atoms with Gasteiger partial charge >= 0.3 is 0 Å². The van der Waals surface area contributed by atoms with E-state index in [2.05, 4.69) is 50.9 Å². The maximum Gasteiger partial charge on any atom is 0.243 e. The van der Waals surface area contributed by atoms with Crippen LogP contribution in [0.5, 0.6) is 0 Å². The fraction of sp³-hybridized carbons (Fsp3) is 0.579. The number of likely N-dealkylation sites (N-methyl/N-ethyl adjacent to an activating group) is 1. The predicted molar refractivity (Wildman–Crippen MR) is 103 cm³/mol. The molecule has 6 nitrogen and oxygen atoms in total. The highest BCUT2D eigenvalue weighted by molar-refractivity contribution is 5.84. The maximum atomic E-state index is 11.8. The lowest BCUT2D eigenvalue weighted by molar-refractivity contribution is -0.127. The molecular weight excluding hydrogens is 314 g/mol. The first-order chi connectivity index (χ1) is 12.1. The molecule has 0 saturated carbocycles. The number of hydrogen-bond acceptors (Lipinski definition) is 3. The summed E-state index contributed by atoms with van der Waals surface area (Å²) in [4.78, 5) is 20.3. The Balaban J connectivity index is 2.03. The van der Waals surface area contributed by atoms with Crippen LogP contribution in [0.2, 0.25) is 0 Å². The van der Waals surface area contributed by atoms with Gasteiger partial charge in [0.25, 0.3) is 0 Å². The lowest BCUT2D eigenvalue weighted by Crippen LogP contribution is -2.43. The number of rotatable bonds is 7. The van der Waals surface area contributed by atoms with Crippen LogP contribution < -0.4 is 10.6 Å². The summed E-state index contributed by atoms with van der Waals surface area (Å²) in [5, 5.41) is 6.64. The Bertz CT molecular complexity index is 552. The predicted octanol–water partition coefficient (Wildman–Crippen LogP) is 1.47. The standard InChI is InChI=1S/C19H31N5O/c1-4-20-19(22-15-18(25)23(2)3)21-14-17(24-12-8-9-13-24)16-10-6-5-7-11-16/h5-7,10-11,17H,4,8-9,12-15H2,1-3H3,(H2,20,21,22). The van der Waals surface area contributed by atoms with Gasteiger partial charge in [0.1, 0.15) is 6.54 Å². The van der Waals surface area contributed by atoms with Crippen molar-refractivity contribution in [1.82, 2.24) is 20.4 Å². The number of likely N-dealkylation sites (tertiary alicyclic amines) is 1. The van der Waals surface area contributed by atoms with Crippen molar-refractivity contribution in [3.63, 3.8) is 0 Å². The maximum absolute atomic E-state index is 11.8. The second-order valence-corrected chi connectivity index (χ2v) is 6.53. The highest BCUT2D eigenvalue weighted by Gasteiger charge is 2.23. The van der Waals surface area contributed by atoms with Crippen molar-refractivity contribution in [2.75, 3.05) is 46.8 Å². The molecule has 1 unspecified atom stereocenters. The molecule has 2 N–H and O–H groups in total. The molecule has 6 heteroatoms. The Morgan fingerprint density at radius 1 is 1.20 bits per heavy atom. The van der Waals surface area contributed by atoms with Crippen LogP contribution in [0.4, 0.5) is 0 Å². The van der Waals surface area contributed by atoms with Crippen LogP contribution in [0.3, 0.4) is 0 Å². The van der Waals surface area contributed by atoms with Gasteiger partial charge < -0.3 is 15.5 Å². The summed E-state index contributed by atoms with van der Waals surface area (Å²) in [6, 6.07) is 10.9. The van der Waals surface area contributed by atoms with Gasteiger partial charge in [0, 0.05) is 27.2 Å². The van der Waals surface area contributed by atoms with Gasteiger partial charge in [-0.2, -0.15) is 0 Å². The van der Waals surface area contributed by atoms with Crippen molar-refractivity contribution in [3.05, 3.63) is 35.9 Å². The zero-order chi connectivity index (χ0) is 18.1. The summed E-state index contributed by atoms with van der Waals surface area (Å²) in [5.41, 5.74) is 1.32. The number of benzene rings is 1. The van der Waals surface area contributed by atoms with E-state index in [-0.39, 0.29) is 12.5 Å². The Labute approximate surface area is 151 Å². The van der Waals surface area contributed by atoms with E-state index < -0.39 is 0 Å². The zero-order valence-electron chi connectivity index (χ0n) is 15.7. The van der Waals surface area contributed by atoms with Crippen LogP contribution in [-0.4, -0.2) is 68.5 Å². The van der Waals surface area contributed by atoms with Gasteiger partial charge in [0.2, 0.25) is 5.91 Å².